The largest absolute Gasteiger partial charge is 0.490 e. The van der Waals surface area contributed by atoms with Gasteiger partial charge in [0.05, 0.1) is 0 Å². The van der Waals surface area contributed by atoms with Crippen LogP contribution in [-0.2, 0) is 0 Å². The standard InChI is InChI=1S/C16H18N2O/c1-3-13(14-4-2-8-18-12-14)11-16(5-1)19-15-6-9-17-10-7-15/h1-5,8,11-12,15,17H,6-7,9-10H2. The molecule has 2 aromatic rings. The molecule has 1 aliphatic heterocycles. The van der Waals surface area contributed by atoms with Crippen LogP contribution in [-0.4, -0.2) is 24.2 Å². The number of aromatic nitrogens is 1. The quantitative estimate of drug-likeness (QED) is 0.914. The molecule has 98 valence electrons. The van der Waals surface area contributed by atoms with Gasteiger partial charge in [-0.2, -0.15) is 0 Å². The van der Waals surface area contributed by atoms with E-state index >= 15 is 0 Å². The highest BCUT2D eigenvalue weighted by molar-refractivity contribution is 5.63. The van der Waals surface area contributed by atoms with E-state index in [1.807, 2.05) is 24.4 Å². The summed E-state index contributed by atoms with van der Waals surface area (Å²) in [5.41, 5.74) is 2.28. The van der Waals surface area contributed by atoms with E-state index in [0.29, 0.717) is 6.10 Å². The molecule has 1 saturated heterocycles. The molecule has 0 saturated carbocycles. The predicted molar refractivity (Wildman–Crippen MR) is 76.2 cm³/mol. The summed E-state index contributed by atoms with van der Waals surface area (Å²) in [5.74, 6) is 0.952. The smallest absolute Gasteiger partial charge is 0.120 e. The Bertz CT molecular complexity index is 521. The van der Waals surface area contributed by atoms with Gasteiger partial charge in [0, 0.05) is 18.0 Å². The SMILES string of the molecule is c1cncc(-c2cccc(OC3CCNCC3)c2)c1. The van der Waals surface area contributed by atoms with Crippen molar-refractivity contribution in [3.8, 4) is 16.9 Å². The normalized spacial score (nSPS) is 16.2. The molecule has 3 rings (SSSR count). The van der Waals surface area contributed by atoms with Crippen LogP contribution in [0.2, 0.25) is 0 Å². The summed E-state index contributed by atoms with van der Waals surface area (Å²) >= 11 is 0. The van der Waals surface area contributed by atoms with Crippen molar-refractivity contribution in [2.75, 3.05) is 13.1 Å². The van der Waals surface area contributed by atoms with Crippen LogP contribution < -0.4 is 10.1 Å². The lowest BCUT2D eigenvalue weighted by molar-refractivity contribution is 0.162. The summed E-state index contributed by atoms with van der Waals surface area (Å²) in [7, 11) is 0. The molecule has 3 nitrogen and oxygen atoms in total. The number of benzene rings is 1. The maximum absolute atomic E-state index is 6.06. The summed E-state index contributed by atoms with van der Waals surface area (Å²) in [6.07, 6.45) is 6.17. The van der Waals surface area contributed by atoms with E-state index in [2.05, 4.69) is 28.5 Å². The van der Waals surface area contributed by atoms with Gasteiger partial charge in [-0.15, -0.1) is 0 Å². The van der Waals surface area contributed by atoms with Crippen LogP contribution in [0, 0.1) is 0 Å². The van der Waals surface area contributed by atoms with Crippen LogP contribution in [0.15, 0.2) is 48.8 Å². The van der Waals surface area contributed by atoms with E-state index in [0.717, 1.165) is 42.8 Å². The average molecular weight is 254 g/mol. The zero-order chi connectivity index (χ0) is 12.9. The molecule has 1 fully saturated rings. The van der Waals surface area contributed by atoms with Crippen LogP contribution >= 0.6 is 0 Å². The van der Waals surface area contributed by atoms with Crippen LogP contribution in [0.4, 0.5) is 0 Å². The molecule has 19 heavy (non-hydrogen) atoms. The van der Waals surface area contributed by atoms with Gasteiger partial charge < -0.3 is 10.1 Å². The van der Waals surface area contributed by atoms with E-state index in [1.165, 1.54) is 0 Å². The maximum Gasteiger partial charge on any atom is 0.120 e. The van der Waals surface area contributed by atoms with Gasteiger partial charge >= 0.3 is 0 Å². The van der Waals surface area contributed by atoms with Gasteiger partial charge in [0.25, 0.3) is 0 Å². The van der Waals surface area contributed by atoms with Crippen LogP contribution in [0.3, 0.4) is 0 Å². The van der Waals surface area contributed by atoms with Gasteiger partial charge in [0.2, 0.25) is 0 Å². The van der Waals surface area contributed by atoms with Gasteiger partial charge in [-0.05, 0) is 49.7 Å². The lowest BCUT2D eigenvalue weighted by Gasteiger charge is -2.24. The third-order valence-corrected chi connectivity index (χ3v) is 3.42. The number of hydrogen-bond donors (Lipinski definition) is 1. The summed E-state index contributed by atoms with van der Waals surface area (Å²) in [6, 6.07) is 12.3. The first-order valence-electron chi connectivity index (χ1n) is 6.80. The molecule has 0 atom stereocenters. The number of ether oxygens (including phenoxy) is 1. The minimum Gasteiger partial charge on any atom is -0.490 e. The number of rotatable bonds is 3. The van der Waals surface area contributed by atoms with Crippen molar-refractivity contribution >= 4 is 0 Å². The van der Waals surface area contributed by atoms with Gasteiger partial charge in [-0.3, -0.25) is 4.98 Å². The number of piperidine rings is 1. The monoisotopic (exact) mass is 254 g/mol. The Labute approximate surface area is 113 Å². The molecule has 0 bridgehead atoms. The van der Waals surface area contributed by atoms with Crippen molar-refractivity contribution in [1.29, 1.82) is 0 Å². The summed E-state index contributed by atoms with van der Waals surface area (Å²) in [4.78, 5) is 4.16. The van der Waals surface area contributed by atoms with Gasteiger partial charge in [0.15, 0.2) is 0 Å². The maximum atomic E-state index is 6.06. The zero-order valence-electron chi connectivity index (χ0n) is 10.9. The van der Waals surface area contributed by atoms with Crippen molar-refractivity contribution in [2.45, 2.75) is 18.9 Å². The van der Waals surface area contributed by atoms with E-state index in [1.54, 1.807) is 6.20 Å². The molecule has 0 radical (unpaired) electrons. The van der Waals surface area contributed by atoms with Gasteiger partial charge in [-0.25, -0.2) is 0 Å². The highest BCUT2D eigenvalue weighted by atomic mass is 16.5. The first kappa shape index (κ1) is 12.2. The third kappa shape index (κ3) is 3.12. The molecule has 0 amide bonds. The first-order chi connectivity index (χ1) is 9.42. The summed E-state index contributed by atoms with van der Waals surface area (Å²) < 4.78 is 6.06. The molecule has 1 aromatic carbocycles. The second-order valence-electron chi connectivity index (χ2n) is 4.84. The minimum absolute atomic E-state index is 0.338. The predicted octanol–water partition coefficient (Wildman–Crippen LogP) is 2.88. The molecular weight excluding hydrogens is 236 g/mol. The molecule has 0 spiro atoms. The van der Waals surface area contributed by atoms with Crippen molar-refractivity contribution in [3.63, 3.8) is 0 Å². The summed E-state index contributed by atoms with van der Waals surface area (Å²) in [5, 5.41) is 3.35. The highest BCUT2D eigenvalue weighted by Crippen LogP contribution is 2.24. The molecule has 1 N–H and O–H groups in total. The Hall–Kier alpha value is -1.87. The van der Waals surface area contributed by atoms with Crippen LogP contribution in [0.25, 0.3) is 11.1 Å². The van der Waals surface area contributed by atoms with Gasteiger partial charge in [0.1, 0.15) is 11.9 Å². The van der Waals surface area contributed by atoms with E-state index in [-0.39, 0.29) is 0 Å². The molecule has 0 aliphatic carbocycles. The van der Waals surface area contributed by atoms with Crippen molar-refractivity contribution in [3.05, 3.63) is 48.8 Å². The molecule has 2 heterocycles. The second-order valence-corrected chi connectivity index (χ2v) is 4.84. The van der Waals surface area contributed by atoms with Crippen molar-refractivity contribution in [1.82, 2.24) is 10.3 Å². The lowest BCUT2D eigenvalue weighted by Crippen LogP contribution is -2.34. The minimum atomic E-state index is 0.338. The Balaban J connectivity index is 1.76. The second kappa shape index (κ2) is 5.85. The Kier molecular flexibility index (Phi) is 3.75. The number of nitrogens with one attached hydrogen (secondary N) is 1. The Morgan fingerprint density at radius 3 is 2.68 bits per heavy atom. The fourth-order valence-corrected chi connectivity index (χ4v) is 2.39. The highest BCUT2D eigenvalue weighted by Gasteiger charge is 2.14. The van der Waals surface area contributed by atoms with E-state index < -0.39 is 0 Å². The van der Waals surface area contributed by atoms with E-state index in [4.69, 9.17) is 4.74 Å². The fraction of sp³-hybridized carbons (Fsp3) is 0.312. The fourth-order valence-electron chi connectivity index (χ4n) is 2.39. The molecule has 1 aromatic heterocycles. The van der Waals surface area contributed by atoms with Crippen LogP contribution in [0.1, 0.15) is 12.8 Å². The zero-order valence-corrected chi connectivity index (χ0v) is 10.9. The van der Waals surface area contributed by atoms with Crippen molar-refractivity contribution in [2.24, 2.45) is 0 Å². The number of hydrogen-bond acceptors (Lipinski definition) is 3. The third-order valence-electron chi connectivity index (χ3n) is 3.42. The topological polar surface area (TPSA) is 34.1 Å². The number of nitrogens with zero attached hydrogens (tertiary/aromatic N) is 1. The van der Waals surface area contributed by atoms with Gasteiger partial charge in [-0.1, -0.05) is 18.2 Å². The molecule has 0 unspecified atom stereocenters. The molecular formula is C16H18N2O. The first-order valence-corrected chi connectivity index (χ1v) is 6.80. The van der Waals surface area contributed by atoms with E-state index in [9.17, 15) is 0 Å². The summed E-state index contributed by atoms with van der Waals surface area (Å²) in [6.45, 7) is 2.10. The Morgan fingerprint density at radius 2 is 1.89 bits per heavy atom. The molecule has 3 heteroatoms. The molecule has 1 aliphatic rings. The van der Waals surface area contributed by atoms with Crippen molar-refractivity contribution < 1.29 is 4.74 Å². The van der Waals surface area contributed by atoms with Crippen LogP contribution in [0.5, 0.6) is 5.75 Å². The number of pyridine rings is 1. The lowest BCUT2D eigenvalue weighted by atomic mass is 10.1. The average Bonchev–Trinajstić information content (AvgIpc) is 2.49. The Morgan fingerprint density at radius 1 is 1.05 bits per heavy atom.